The van der Waals surface area contributed by atoms with Gasteiger partial charge in [0.05, 0.1) is 6.54 Å². The van der Waals surface area contributed by atoms with Gasteiger partial charge in [-0.1, -0.05) is 0 Å². The van der Waals surface area contributed by atoms with E-state index in [1.165, 1.54) is 16.8 Å². The number of rotatable bonds is 5. The normalized spacial score (nSPS) is 10.8. The number of benzene rings is 1. The molecule has 140 valence electrons. The Morgan fingerprint density at radius 1 is 1.26 bits per heavy atom. The van der Waals surface area contributed by atoms with E-state index in [4.69, 9.17) is 4.74 Å². The number of ether oxygens (including phenoxy) is 1. The average Bonchev–Trinajstić information content (AvgIpc) is 2.62. The first-order valence-electron chi connectivity index (χ1n) is 7.73. The summed E-state index contributed by atoms with van der Waals surface area (Å²) in [6.45, 7) is 1.46. The van der Waals surface area contributed by atoms with Crippen molar-refractivity contribution in [3.05, 3.63) is 84.5 Å². The third kappa shape index (κ3) is 4.27. The zero-order valence-corrected chi connectivity index (χ0v) is 15.6. The van der Waals surface area contributed by atoms with Crippen LogP contribution in [-0.2, 0) is 13.2 Å². The Bertz CT molecular complexity index is 1110. The molecule has 2 aromatic heterocycles. The number of aryl methyl sites for hydroxylation is 1. The van der Waals surface area contributed by atoms with Crippen LogP contribution in [0.2, 0.25) is 0 Å². The second-order valence-electron chi connectivity index (χ2n) is 5.59. The standard InChI is InChI=1S/C17H13BrF2N4O3/c1-9-22-15(27-8-10-2-3-11(19)6-13(10)20)14(18)16(25)24(9)7-12-4-5-21-17(26)23-12/h2-6H,7-8H2,1H3,(H,21,23,26). The van der Waals surface area contributed by atoms with E-state index in [2.05, 4.69) is 30.9 Å². The number of nitrogens with one attached hydrogen (secondary N) is 1. The summed E-state index contributed by atoms with van der Waals surface area (Å²) in [6.07, 6.45) is 1.34. The minimum Gasteiger partial charge on any atom is -0.472 e. The van der Waals surface area contributed by atoms with Crippen molar-refractivity contribution in [2.24, 2.45) is 0 Å². The average molecular weight is 439 g/mol. The molecule has 3 rings (SSSR count). The van der Waals surface area contributed by atoms with Crippen molar-refractivity contribution in [2.45, 2.75) is 20.1 Å². The SMILES string of the molecule is Cc1nc(OCc2ccc(F)cc2F)c(Br)c(=O)n1Cc1ccnc(=O)[nH]1. The first kappa shape index (κ1) is 18.9. The van der Waals surface area contributed by atoms with Gasteiger partial charge in [-0.3, -0.25) is 9.36 Å². The lowest BCUT2D eigenvalue weighted by Gasteiger charge is -2.13. The van der Waals surface area contributed by atoms with E-state index in [-0.39, 0.29) is 29.1 Å². The largest absolute Gasteiger partial charge is 0.472 e. The van der Waals surface area contributed by atoms with Crippen molar-refractivity contribution >= 4 is 15.9 Å². The fraction of sp³-hybridized carbons (Fsp3) is 0.176. The van der Waals surface area contributed by atoms with Gasteiger partial charge >= 0.3 is 5.69 Å². The second-order valence-corrected chi connectivity index (χ2v) is 6.39. The molecule has 0 fully saturated rings. The summed E-state index contributed by atoms with van der Waals surface area (Å²) in [7, 11) is 0. The van der Waals surface area contributed by atoms with Crippen LogP contribution in [0.25, 0.3) is 0 Å². The Balaban J connectivity index is 1.86. The molecule has 0 unspecified atom stereocenters. The van der Waals surface area contributed by atoms with Crippen molar-refractivity contribution in [1.29, 1.82) is 0 Å². The first-order chi connectivity index (χ1) is 12.8. The number of aromatic nitrogens is 4. The van der Waals surface area contributed by atoms with E-state index in [1.54, 1.807) is 13.0 Å². The molecule has 1 N–H and O–H groups in total. The van der Waals surface area contributed by atoms with Gasteiger partial charge in [-0.25, -0.2) is 18.6 Å². The molecule has 2 heterocycles. The predicted molar refractivity (Wildman–Crippen MR) is 95.6 cm³/mol. The van der Waals surface area contributed by atoms with Gasteiger partial charge in [0.15, 0.2) is 0 Å². The maximum atomic E-state index is 13.7. The lowest BCUT2D eigenvalue weighted by atomic mass is 10.2. The predicted octanol–water partition coefficient (Wildman–Crippen LogP) is 2.30. The van der Waals surface area contributed by atoms with Crippen molar-refractivity contribution in [3.8, 4) is 5.88 Å². The summed E-state index contributed by atoms with van der Waals surface area (Å²) in [5, 5.41) is 0. The highest BCUT2D eigenvalue weighted by molar-refractivity contribution is 9.10. The van der Waals surface area contributed by atoms with Crippen molar-refractivity contribution < 1.29 is 13.5 Å². The molecular formula is C17H13BrF2N4O3. The Hall–Kier alpha value is -2.88. The van der Waals surface area contributed by atoms with Gasteiger partial charge in [0.1, 0.15) is 28.5 Å². The van der Waals surface area contributed by atoms with Crippen LogP contribution < -0.4 is 16.0 Å². The highest BCUT2D eigenvalue weighted by Gasteiger charge is 2.15. The first-order valence-corrected chi connectivity index (χ1v) is 8.52. The summed E-state index contributed by atoms with van der Waals surface area (Å²) in [5.74, 6) is -1.13. The van der Waals surface area contributed by atoms with Gasteiger partial charge in [0.25, 0.3) is 5.56 Å². The van der Waals surface area contributed by atoms with Gasteiger partial charge in [-0.05, 0) is 41.1 Å². The molecular weight excluding hydrogens is 426 g/mol. The highest BCUT2D eigenvalue weighted by atomic mass is 79.9. The van der Waals surface area contributed by atoms with Crippen LogP contribution in [-0.4, -0.2) is 19.5 Å². The number of halogens is 3. The lowest BCUT2D eigenvalue weighted by molar-refractivity contribution is 0.282. The number of H-pyrrole nitrogens is 1. The van der Waals surface area contributed by atoms with Crippen LogP contribution in [0.1, 0.15) is 17.1 Å². The van der Waals surface area contributed by atoms with Crippen molar-refractivity contribution in [2.75, 3.05) is 0 Å². The number of hydrogen-bond donors (Lipinski definition) is 1. The monoisotopic (exact) mass is 438 g/mol. The van der Waals surface area contributed by atoms with Crippen LogP contribution in [0.4, 0.5) is 8.78 Å². The fourth-order valence-corrected chi connectivity index (χ4v) is 2.77. The van der Waals surface area contributed by atoms with Gasteiger partial charge in [0.2, 0.25) is 5.88 Å². The summed E-state index contributed by atoms with van der Waals surface area (Å²) in [4.78, 5) is 34.1. The minimum atomic E-state index is -0.752. The molecule has 3 aromatic rings. The Morgan fingerprint density at radius 2 is 2.04 bits per heavy atom. The van der Waals surface area contributed by atoms with E-state index in [9.17, 15) is 18.4 Å². The summed E-state index contributed by atoms with van der Waals surface area (Å²) < 4.78 is 33.5. The zero-order valence-electron chi connectivity index (χ0n) is 14.0. The molecule has 0 aliphatic carbocycles. The van der Waals surface area contributed by atoms with Gasteiger partial charge in [-0.2, -0.15) is 4.98 Å². The minimum absolute atomic E-state index is 0.0132. The molecule has 0 aliphatic heterocycles. The molecule has 1 aromatic carbocycles. The van der Waals surface area contributed by atoms with Crippen LogP contribution in [0.3, 0.4) is 0 Å². The smallest absolute Gasteiger partial charge is 0.345 e. The van der Waals surface area contributed by atoms with Crippen LogP contribution in [0.5, 0.6) is 5.88 Å². The highest BCUT2D eigenvalue weighted by Crippen LogP contribution is 2.21. The van der Waals surface area contributed by atoms with Crippen LogP contribution in [0, 0.1) is 18.6 Å². The molecule has 0 bridgehead atoms. The van der Waals surface area contributed by atoms with E-state index < -0.39 is 22.9 Å². The van der Waals surface area contributed by atoms with Gasteiger partial charge in [-0.15, -0.1) is 0 Å². The maximum Gasteiger partial charge on any atom is 0.345 e. The van der Waals surface area contributed by atoms with E-state index in [0.717, 1.165) is 12.1 Å². The topological polar surface area (TPSA) is 89.9 Å². The Kier molecular flexibility index (Phi) is 5.45. The van der Waals surface area contributed by atoms with Crippen LogP contribution in [0.15, 0.2) is 44.5 Å². The zero-order chi connectivity index (χ0) is 19.6. The fourth-order valence-electron chi connectivity index (χ4n) is 2.35. The molecule has 0 radical (unpaired) electrons. The lowest BCUT2D eigenvalue weighted by Crippen LogP contribution is -2.27. The number of hydrogen-bond acceptors (Lipinski definition) is 5. The Labute approximate surface area is 159 Å². The number of aromatic amines is 1. The third-order valence-corrected chi connectivity index (χ3v) is 4.40. The summed E-state index contributed by atoms with van der Waals surface area (Å²) in [5.41, 5.74) is -0.349. The maximum absolute atomic E-state index is 13.7. The van der Waals surface area contributed by atoms with E-state index >= 15 is 0 Å². The molecule has 0 aliphatic rings. The molecule has 0 atom stereocenters. The van der Waals surface area contributed by atoms with Crippen LogP contribution >= 0.6 is 15.9 Å². The third-order valence-electron chi connectivity index (χ3n) is 3.72. The summed E-state index contributed by atoms with van der Waals surface area (Å²) >= 11 is 3.14. The van der Waals surface area contributed by atoms with Crippen molar-refractivity contribution in [3.63, 3.8) is 0 Å². The summed E-state index contributed by atoms with van der Waals surface area (Å²) in [6, 6.07) is 4.69. The van der Waals surface area contributed by atoms with E-state index in [1.807, 2.05) is 0 Å². The molecule has 27 heavy (non-hydrogen) atoms. The number of nitrogens with zero attached hydrogens (tertiary/aromatic N) is 3. The van der Waals surface area contributed by atoms with Crippen molar-refractivity contribution in [1.82, 2.24) is 19.5 Å². The molecule has 0 spiro atoms. The van der Waals surface area contributed by atoms with Gasteiger partial charge < -0.3 is 9.72 Å². The molecule has 0 saturated heterocycles. The molecule has 10 heteroatoms. The Morgan fingerprint density at radius 3 is 2.74 bits per heavy atom. The van der Waals surface area contributed by atoms with Gasteiger partial charge in [0, 0.05) is 23.5 Å². The molecule has 0 amide bonds. The van der Waals surface area contributed by atoms with E-state index in [0.29, 0.717) is 11.5 Å². The molecule has 0 saturated carbocycles. The quantitative estimate of drug-likeness (QED) is 0.659. The molecule has 7 nitrogen and oxygen atoms in total. The second kappa shape index (κ2) is 7.78.